The number of carbonyl (C=O) groups excluding carboxylic acids is 1. The Kier molecular flexibility index (Phi) is 7.54. The van der Waals surface area contributed by atoms with Gasteiger partial charge in [-0.1, -0.05) is 24.6 Å². The van der Waals surface area contributed by atoms with Crippen molar-refractivity contribution in [2.24, 2.45) is 0 Å². The largest absolute Gasteiger partial charge is 0.482 e. The van der Waals surface area contributed by atoms with Crippen molar-refractivity contribution >= 4 is 17.5 Å². The van der Waals surface area contributed by atoms with Crippen molar-refractivity contribution < 1.29 is 9.53 Å². The Balaban J connectivity index is 2.59. The Labute approximate surface area is 132 Å². The highest BCUT2D eigenvalue weighted by Crippen LogP contribution is 2.27. The second-order valence-electron chi connectivity index (χ2n) is 5.38. The van der Waals surface area contributed by atoms with Crippen LogP contribution in [0.3, 0.4) is 0 Å². The molecule has 0 saturated carbocycles. The first-order valence-electron chi connectivity index (χ1n) is 7.39. The lowest BCUT2D eigenvalue weighted by atomic mass is 10.1. The van der Waals surface area contributed by atoms with E-state index in [0.717, 1.165) is 18.5 Å². The maximum absolute atomic E-state index is 11.5. The van der Waals surface area contributed by atoms with E-state index in [0.29, 0.717) is 10.8 Å². The number of hydrogen-bond acceptors (Lipinski definition) is 3. The molecule has 0 aromatic heterocycles. The van der Waals surface area contributed by atoms with Crippen LogP contribution in [0, 0.1) is 0 Å². The summed E-state index contributed by atoms with van der Waals surface area (Å²) in [7, 11) is 0. The van der Waals surface area contributed by atoms with Gasteiger partial charge in [-0.3, -0.25) is 4.79 Å². The van der Waals surface area contributed by atoms with Gasteiger partial charge in [0.25, 0.3) is 5.91 Å². The van der Waals surface area contributed by atoms with Crippen molar-refractivity contribution in [1.29, 1.82) is 0 Å². The highest BCUT2D eigenvalue weighted by molar-refractivity contribution is 6.32. The summed E-state index contributed by atoms with van der Waals surface area (Å²) in [6, 6.07) is 5.99. The molecule has 118 valence electrons. The standard InChI is InChI=1S/C16H25ClN2O2/c1-5-8-18-12(4)13-6-7-15(14(17)9-13)21-10-16(20)19-11(2)3/h6-7,9,11-12,18H,5,8,10H2,1-4H3,(H,19,20). The lowest BCUT2D eigenvalue weighted by Gasteiger charge is -2.15. The molecule has 0 heterocycles. The topological polar surface area (TPSA) is 50.4 Å². The van der Waals surface area contributed by atoms with Crippen molar-refractivity contribution in [3.8, 4) is 5.75 Å². The maximum atomic E-state index is 11.5. The maximum Gasteiger partial charge on any atom is 0.258 e. The molecule has 5 heteroatoms. The van der Waals surface area contributed by atoms with E-state index in [1.165, 1.54) is 0 Å². The molecule has 1 unspecified atom stereocenters. The number of ether oxygens (including phenoxy) is 1. The predicted molar refractivity (Wildman–Crippen MR) is 86.9 cm³/mol. The van der Waals surface area contributed by atoms with Gasteiger partial charge in [-0.15, -0.1) is 0 Å². The van der Waals surface area contributed by atoms with Gasteiger partial charge in [0.2, 0.25) is 0 Å². The number of halogens is 1. The summed E-state index contributed by atoms with van der Waals surface area (Å²) in [5.41, 5.74) is 1.10. The molecule has 0 bridgehead atoms. The smallest absolute Gasteiger partial charge is 0.258 e. The fourth-order valence-electron chi connectivity index (χ4n) is 1.89. The third-order valence-electron chi connectivity index (χ3n) is 2.96. The summed E-state index contributed by atoms with van der Waals surface area (Å²) in [5.74, 6) is 0.380. The Morgan fingerprint density at radius 3 is 2.62 bits per heavy atom. The van der Waals surface area contributed by atoms with Crippen molar-refractivity contribution in [3.05, 3.63) is 28.8 Å². The van der Waals surface area contributed by atoms with Crippen LogP contribution in [-0.2, 0) is 4.79 Å². The van der Waals surface area contributed by atoms with Gasteiger partial charge in [0.15, 0.2) is 6.61 Å². The monoisotopic (exact) mass is 312 g/mol. The van der Waals surface area contributed by atoms with Crippen LogP contribution in [0.15, 0.2) is 18.2 Å². The van der Waals surface area contributed by atoms with Gasteiger partial charge in [-0.05, 0) is 51.4 Å². The van der Waals surface area contributed by atoms with E-state index in [4.69, 9.17) is 16.3 Å². The van der Waals surface area contributed by atoms with Gasteiger partial charge >= 0.3 is 0 Å². The molecule has 1 aromatic rings. The molecule has 2 N–H and O–H groups in total. The van der Waals surface area contributed by atoms with Crippen LogP contribution in [0.4, 0.5) is 0 Å². The molecule has 1 amide bonds. The number of nitrogens with one attached hydrogen (secondary N) is 2. The predicted octanol–water partition coefficient (Wildman–Crippen LogP) is 3.30. The second-order valence-corrected chi connectivity index (χ2v) is 5.78. The van der Waals surface area contributed by atoms with E-state index in [-0.39, 0.29) is 24.6 Å². The molecular weight excluding hydrogens is 288 g/mol. The molecule has 1 atom stereocenters. The summed E-state index contributed by atoms with van der Waals surface area (Å²) < 4.78 is 5.45. The molecule has 21 heavy (non-hydrogen) atoms. The van der Waals surface area contributed by atoms with Gasteiger partial charge in [-0.2, -0.15) is 0 Å². The first-order valence-corrected chi connectivity index (χ1v) is 7.76. The molecule has 0 spiro atoms. The zero-order chi connectivity index (χ0) is 15.8. The summed E-state index contributed by atoms with van der Waals surface area (Å²) in [5, 5.41) is 6.69. The van der Waals surface area contributed by atoms with E-state index in [9.17, 15) is 4.79 Å². The van der Waals surface area contributed by atoms with Crippen molar-refractivity contribution in [3.63, 3.8) is 0 Å². The first kappa shape index (κ1) is 17.8. The fraction of sp³-hybridized carbons (Fsp3) is 0.562. The summed E-state index contributed by atoms with van der Waals surface area (Å²) in [4.78, 5) is 11.5. The number of amides is 1. The highest BCUT2D eigenvalue weighted by Gasteiger charge is 2.10. The van der Waals surface area contributed by atoms with Crippen LogP contribution in [0.5, 0.6) is 5.75 Å². The van der Waals surface area contributed by atoms with E-state index >= 15 is 0 Å². The van der Waals surface area contributed by atoms with E-state index in [1.54, 1.807) is 0 Å². The second kappa shape index (κ2) is 8.90. The molecule has 1 rings (SSSR count). The Morgan fingerprint density at radius 2 is 2.05 bits per heavy atom. The van der Waals surface area contributed by atoms with Crippen molar-refractivity contribution in [2.75, 3.05) is 13.2 Å². The van der Waals surface area contributed by atoms with Crippen LogP contribution in [0.25, 0.3) is 0 Å². The van der Waals surface area contributed by atoms with Crippen molar-refractivity contribution in [2.45, 2.75) is 46.2 Å². The quantitative estimate of drug-likeness (QED) is 0.774. The van der Waals surface area contributed by atoms with Gasteiger partial charge in [0.05, 0.1) is 5.02 Å². The molecule has 4 nitrogen and oxygen atoms in total. The lowest BCUT2D eigenvalue weighted by Crippen LogP contribution is -2.34. The molecule has 0 aliphatic carbocycles. The molecule has 0 radical (unpaired) electrons. The van der Waals surface area contributed by atoms with Gasteiger partial charge in [0, 0.05) is 12.1 Å². The Morgan fingerprint density at radius 1 is 1.33 bits per heavy atom. The summed E-state index contributed by atoms with van der Waals surface area (Å²) in [6.07, 6.45) is 1.09. The normalized spacial score (nSPS) is 12.3. The van der Waals surface area contributed by atoms with Gasteiger partial charge < -0.3 is 15.4 Å². The summed E-state index contributed by atoms with van der Waals surface area (Å²) in [6.45, 7) is 8.98. The zero-order valence-electron chi connectivity index (χ0n) is 13.2. The number of hydrogen-bond donors (Lipinski definition) is 2. The van der Waals surface area contributed by atoms with E-state index in [2.05, 4.69) is 24.5 Å². The van der Waals surface area contributed by atoms with Crippen LogP contribution < -0.4 is 15.4 Å². The van der Waals surface area contributed by atoms with Crippen LogP contribution >= 0.6 is 11.6 Å². The minimum Gasteiger partial charge on any atom is -0.482 e. The molecule has 0 aliphatic rings. The van der Waals surface area contributed by atoms with E-state index in [1.807, 2.05) is 32.0 Å². The Bertz CT molecular complexity index is 464. The Hall–Kier alpha value is -1.26. The average Bonchev–Trinajstić information content (AvgIpc) is 2.42. The van der Waals surface area contributed by atoms with Crippen LogP contribution in [-0.4, -0.2) is 25.1 Å². The van der Waals surface area contributed by atoms with E-state index < -0.39 is 0 Å². The molecule has 0 fully saturated rings. The van der Waals surface area contributed by atoms with Gasteiger partial charge in [-0.25, -0.2) is 0 Å². The third-order valence-corrected chi connectivity index (χ3v) is 3.26. The number of benzene rings is 1. The van der Waals surface area contributed by atoms with Gasteiger partial charge in [0.1, 0.15) is 5.75 Å². The average molecular weight is 313 g/mol. The zero-order valence-corrected chi connectivity index (χ0v) is 14.0. The van der Waals surface area contributed by atoms with Crippen LogP contribution in [0.1, 0.15) is 45.7 Å². The molecule has 0 saturated heterocycles. The minimum atomic E-state index is -0.150. The lowest BCUT2D eigenvalue weighted by molar-refractivity contribution is -0.123. The first-order chi connectivity index (χ1) is 9.93. The number of carbonyl (C=O) groups is 1. The molecule has 1 aromatic carbocycles. The minimum absolute atomic E-state index is 0.0269. The highest BCUT2D eigenvalue weighted by atomic mass is 35.5. The number of rotatable bonds is 8. The SMILES string of the molecule is CCCNC(C)c1ccc(OCC(=O)NC(C)C)c(Cl)c1. The fourth-order valence-corrected chi connectivity index (χ4v) is 2.13. The third kappa shape index (κ3) is 6.36. The van der Waals surface area contributed by atoms with Crippen LogP contribution in [0.2, 0.25) is 5.02 Å². The summed E-state index contributed by atoms with van der Waals surface area (Å²) >= 11 is 6.21. The molecule has 0 aliphatic heterocycles. The molecular formula is C16H25ClN2O2. The van der Waals surface area contributed by atoms with Crippen molar-refractivity contribution in [1.82, 2.24) is 10.6 Å².